The number of carboxylic acid groups (broad SMARTS) is 1. The van der Waals surface area contributed by atoms with Crippen LogP contribution in [0, 0.1) is 5.82 Å². The van der Waals surface area contributed by atoms with Gasteiger partial charge in [-0.25, -0.2) is 4.39 Å². The molecule has 18 heavy (non-hydrogen) atoms. The highest BCUT2D eigenvalue weighted by Gasteiger charge is 2.30. The van der Waals surface area contributed by atoms with Crippen LogP contribution in [0.25, 0.3) is 10.9 Å². The molecule has 0 amide bonds. The van der Waals surface area contributed by atoms with Crippen molar-refractivity contribution in [2.75, 3.05) is 0 Å². The van der Waals surface area contributed by atoms with Gasteiger partial charge in [0.2, 0.25) is 0 Å². The van der Waals surface area contributed by atoms with Crippen LogP contribution in [0.1, 0.15) is 30.0 Å². The van der Waals surface area contributed by atoms with Gasteiger partial charge in [0.25, 0.3) is 0 Å². The first-order chi connectivity index (χ1) is 8.59. The topological polar surface area (TPSA) is 53.1 Å². The third-order valence-electron chi connectivity index (χ3n) is 3.56. The molecule has 2 N–H and O–H groups in total. The quantitative estimate of drug-likeness (QED) is 0.831. The van der Waals surface area contributed by atoms with Gasteiger partial charge in [0, 0.05) is 16.6 Å². The second-order valence-electron chi connectivity index (χ2n) is 4.58. The average molecular weight is 268 g/mol. The Kier molecular flexibility index (Phi) is 2.55. The van der Waals surface area contributed by atoms with Crippen molar-refractivity contribution in [3.05, 3.63) is 34.2 Å². The zero-order chi connectivity index (χ0) is 12.9. The van der Waals surface area contributed by atoms with E-state index in [1.54, 1.807) is 6.07 Å². The molecule has 1 aromatic carbocycles. The summed E-state index contributed by atoms with van der Waals surface area (Å²) in [5.74, 6) is -1.86. The molecule has 2 aromatic rings. The van der Waals surface area contributed by atoms with Gasteiger partial charge in [-0.3, -0.25) is 4.79 Å². The number of hydrogen-bond donors (Lipinski definition) is 2. The van der Waals surface area contributed by atoms with Gasteiger partial charge < -0.3 is 10.1 Å². The predicted molar refractivity (Wildman–Crippen MR) is 66.6 cm³/mol. The van der Waals surface area contributed by atoms with Gasteiger partial charge >= 0.3 is 5.97 Å². The Morgan fingerprint density at radius 2 is 2.28 bits per heavy atom. The summed E-state index contributed by atoms with van der Waals surface area (Å²) in [4.78, 5) is 14.3. The maximum absolute atomic E-state index is 13.5. The van der Waals surface area contributed by atoms with Gasteiger partial charge in [0.05, 0.1) is 10.9 Å². The number of hydrogen-bond acceptors (Lipinski definition) is 1. The lowest BCUT2D eigenvalue weighted by Crippen LogP contribution is -2.17. The third-order valence-corrected chi connectivity index (χ3v) is 3.93. The summed E-state index contributed by atoms with van der Waals surface area (Å²) in [5, 5.41) is 9.92. The van der Waals surface area contributed by atoms with Crippen molar-refractivity contribution in [1.29, 1.82) is 0 Å². The molecule has 3 nitrogen and oxygen atoms in total. The fourth-order valence-corrected chi connectivity index (χ4v) is 3.02. The van der Waals surface area contributed by atoms with Crippen LogP contribution in [0.15, 0.2) is 12.1 Å². The number of aryl methyl sites for hydroxylation is 1. The first kappa shape index (κ1) is 11.5. The molecular weight excluding hydrogens is 257 g/mol. The first-order valence-corrected chi connectivity index (χ1v) is 6.18. The van der Waals surface area contributed by atoms with Crippen LogP contribution in [-0.4, -0.2) is 16.1 Å². The highest BCUT2D eigenvalue weighted by molar-refractivity contribution is 6.36. The normalized spacial score (nSPS) is 18.9. The van der Waals surface area contributed by atoms with Crippen LogP contribution in [0.3, 0.4) is 0 Å². The number of carbonyl (C=O) groups is 1. The molecular formula is C13H11ClFNO2. The minimum atomic E-state index is -0.848. The molecule has 1 aliphatic rings. The van der Waals surface area contributed by atoms with Crippen molar-refractivity contribution in [3.8, 4) is 0 Å². The van der Waals surface area contributed by atoms with E-state index in [1.165, 1.54) is 6.07 Å². The number of rotatable bonds is 1. The SMILES string of the molecule is O=C(O)C1CCCc2c1[nH]c1ccc(F)c(Cl)c21. The largest absolute Gasteiger partial charge is 0.481 e. The molecule has 0 aliphatic heterocycles. The molecule has 3 rings (SSSR count). The molecule has 0 bridgehead atoms. The monoisotopic (exact) mass is 267 g/mol. The molecule has 0 saturated heterocycles. The minimum absolute atomic E-state index is 0.0797. The number of carboxylic acids is 1. The van der Waals surface area contributed by atoms with E-state index in [1.807, 2.05) is 0 Å². The molecule has 0 spiro atoms. The Morgan fingerprint density at radius 3 is 3.00 bits per heavy atom. The Balaban J connectivity index is 2.31. The van der Waals surface area contributed by atoms with Crippen LogP contribution in [0.5, 0.6) is 0 Å². The number of halogens is 2. The van der Waals surface area contributed by atoms with E-state index < -0.39 is 17.7 Å². The number of aromatic amines is 1. The fraction of sp³-hybridized carbons (Fsp3) is 0.308. The minimum Gasteiger partial charge on any atom is -0.481 e. The van der Waals surface area contributed by atoms with Crippen molar-refractivity contribution < 1.29 is 14.3 Å². The smallest absolute Gasteiger partial charge is 0.312 e. The van der Waals surface area contributed by atoms with E-state index in [9.17, 15) is 14.3 Å². The van der Waals surface area contributed by atoms with E-state index in [2.05, 4.69) is 4.98 Å². The van der Waals surface area contributed by atoms with E-state index in [4.69, 9.17) is 11.6 Å². The molecule has 1 aliphatic carbocycles. The molecule has 0 fully saturated rings. The molecule has 0 radical (unpaired) electrons. The summed E-state index contributed by atoms with van der Waals surface area (Å²) >= 11 is 5.99. The van der Waals surface area contributed by atoms with Crippen LogP contribution in [-0.2, 0) is 11.2 Å². The van der Waals surface area contributed by atoms with Crippen molar-refractivity contribution in [3.63, 3.8) is 0 Å². The number of aliphatic carboxylic acids is 1. The van der Waals surface area contributed by atoms with Crippen molar-refractivity contribution in [2.24, 2.45) is 0 Å². The molecule has 94 valence electrons. The average Bonchev–Trinajstić information content (AvgIpc) is 2.72. The second kappa shape index (κ2) is 3.99. The second-order valence-corrected chi connectivity index (χ2v) is 4.96. The Morgan fingerprint density at radius 1 is 1.50 bits per heavy atom. The molecule has 1 aromatic heterocycles. The summed E-state index contributed by atoms with van der Waals surface area (Å²) < 4.78 is 13.5. The predicted octanol–water partition coefficient (Wildman–Crippen LogP) is 3.46. The molecule has 5 heteroatoms. The Hall–Kier alpha value is -1.55. The lowest BCUT2D eigenvalue weighted by molar-refractivity contribution is -0.139. The van der Waals surface area contributed by atoms with Gasteiger partial charge in [-0.1, -0.05) is 11.6 Å². The number of benzene rings is 1. The van der Waals surface area contributed by atoms with Gasteiger partial charge in [-0.05, 0) is 37.0 Å². The van der Waals surface area contributed by atoms with E-state index in [-0.39, 0.29) is 5.02 Å². The lowest BCUT2D eigenvalue weighted by Gasteiger charge is -2.18. The number of fused-ring (bicyclic) bond motifs is 3. The summed E-state index contributed by atoms with van der Waals surface area (Å²) in [7, 11) is 0. The standard InChI is InChI=1S/C13H11ClFNO2/c14-11-8(15)4-5-9-10(11)6-2-1-3-7(13(17)18)12(6)16-9/h4-5,7,16H,1-3H2,(H,17,18). The maximum atomic E-state index is 13.5. The van der Waals surface area contributed by atoms with Gasteiger partial charge in [0.1, 0.15) is 5.82 Å². The highest BCUT2D eigenvalue weighted by Crippen LogP contribution is 2.39. The van der Waals surface area contributed by atoms with Crippen LogP contribution < -0.4 is 0 Å². The highest BCUT2D eigenvalue weighted by atomic mass is 35.5. The summed E-state index contributed by atoms with van der Waals surface area (Å²) in [6.45, 7) is 0. The number of aromatic nitrogens is 1. The van der Waals surface area contributed by atoms with Crippen molar-refractivity contribution in [1.82, 2.24) is 4.98 Å². The van der Waals surface area contributed by atoms with Crippen LogP contribution in [0.2, 0.25) is 5.02 Å². The first-order valence-electron chi connectivity index (χ1n) is 5.81. The molecule has 1 heterocycles. The van der Waals surface area contributed by atoms with Crippen LogP contribution in [0.4, 0.5) is 4.39 Å². The van der Waals surface area contributed by atoms with Gasteiger partial charge in [-0.2, -0.15) is 0 Å². The van der Waals surface area contributed by atoms with Gasteiger partial charge in [0.15, 0.2) is 0 Å². The van der Waals surface area contributed by atoms with Crippen LogP contribution >= 0.6 is 11.6 Å². The Labute approximate surface area is 108 Å². The summed E-state index contributed by atoms with van der Waals surface area (Å²) in [5.41, 5.74) is 2.24. The van der Waals surface area contributed by atoms with E-state index >= 15 is 0 Å². The third kappa shape index (κ3) is 1.52. The van der Waals surface area contributed by atoms with E-state index in [0.717, 1.165) is 18.4 Å². The molecule has 1 unspecified atom stereocenters. The fourth-order valence-electron chi connectivity index (χ4n) is 2.74. The lowest BCUT2D eigenvalue weighted by atomic mass is 9.87. The number of nitrogens with one attached hydrogen (secondary N) is 1. The maximum Gasteiger partial charge on any atom is 0.312 e. The number of H-pyrrole nitrogens is 1. The zero-order valence-electron chi connectivity index (χ0n) is 9.46. The Bertz CT molecular complexity index is 650. The van der Waals surface area contributed by atoms with Gasteiger partial charge in [-0.15, -0.1) is 0 Å². The molecule has 1 atom stereocenters. The van der Waals surface area contributed by atoms with E-state index in [0.29, 0.717) is 23.0 Å². The summed E-state index contributed by atoms with van der Waals surface area (Å²) in [6, 6.07) is 2.90. The van der Waals surface area contributed by atoms with Crippen molar-refractivity contribution >= 4 is 28.5 Å². The van der Waals surface area contributed by atoms with Crippen molar-refractivity contribution in [2.45, 2.75) is 25.2 Å². The zero-order valence-corrected chi connectivity index (χ0v) is 10.2. The molecule has 0 saturated carbocycles. The summed E-state index contributed by atoms with van der Waals surface area (Å²) in [6.07, 6.45) is 2.13.